The molecule has 2 aromatic heterocycles. The molecule has 0 spiro atoms. The van der Waals surface area contributed by atoms with E-state index in [1.165, 1.54) is 17.8 Å². The molecule has 7 heteroatoms. The van der Waals surface area contributed by atoms with Crippen molar-refractivity contribution >= 4 is 23.5 Å². The molecule has 0 saturated heterocycles. The minimum Gasteiger partial charge on any atom is -0.545 e. The van der Waals surface area contributed by atoms with Crippen molar-refractivity contribution in [1.29, 1.82) is 0 Å². The summed E-state index contributed by atoms with van der Waals surface area (Å²) in [6, 6.07) is 8.72. The second kappa shape index (κ2) is 5.76. The lowest BCUT2D eigenvalue weighted by molar-refractivity contribution is -0.255. The van der Waals surface area contributed by atoms with Crippen LogP contribution < -0.4 is 5.11 Å². The summed E-state index contributed by atoms with van der Waals surface area (Å²) >= 11 is 1.37. The molecule has 0 aliphatic rings. The fourth-order valence-electron chi connectivity index (χ4n) is 2.20. The molecule has 0 bridgehead atoms. The van der Waals surface area contributed by atoms with E-state index >= 15 is 0 Å². The molecule has 0 amide bonds. The number of hydrogen-bond acceptors (Lipinski definition) is 6. The van der Waals surface area contributed by atoms with E-state index in [-0.39, 0.29) is 5.56 Å². The van der Waals surface area contributed by atoms with Crippen molar-refractivity contribution in [3.8, 4) is 0 Å². The zero-order valence-electron chi connectivity index (χ0n) is 12.1. The summed E-state index contributed by atoms with van der Waals surface area (Å²) in [5.41, 5.74) is 2.73. The molecule has 2 heterocycles. The molecule has 3 aromatic rings. The smallest absolute Gasteiger partial charge is 0.253 e. The minimum absolute atomic E-state index is 0.198. The van der Waals surface area contributed by atoms with Crippen LogP contribution in [0.15, 0.2) is 35.5 Å². The first-order chi connectivity index (χ1) is 10.5. The van der Waals surface area contributed by atoms with Crippen molar-refractivity contribution in [2.24, 2.45) is 0 Å². The van der Waals surface area contributed by atoms with Crippen molar-refractivity contribution in [2.75, 3.05) is 0 Å². The predicted octanol–water partition coefficient (Wildman–Crippen LogP) is 1.40. The molecule has 0 fully saturated rings. The number of aryl methyl sites for hydroxylation is 2. The van der Waals surface area contributed by atoms with Crippen LogP contribution >= 0.6 is 11.8 Å². The first-order valence-corrected chi connectivity index (χ1v) is 7.66. The lowest BCUT2D eigenvalue weighted by Gasteiger charge is -2.08. The highest BCUT2D eigenvalue weighted by Gasteiger charge is 2.10. The van der Waals surface area contributed by atoms with E-state index in [0.29, 0.717) is 22.3 Å². The van der Waals surface area contributed by atoms with E-state index in [1.807, 2.05) is 19.9 Å². The molecule has 0 aliphatic carbocycles. The van der Waals surface area contributed by atoms with Gasteiger partial charge in [-0.05, 0) is 25.5 Å². The number of carbonyl (C=O) groups excluding carboxylic acids is 1. The van der Waals surface area contributed by atoms with E-state index in [4.69, 9.17) is 0 Å². The van der Waals surface area contributed by atoms with Crippen LogP contribution in [0.25, 0.3) is 5.78 Å². The van der Waals surface area contributed by atoms with Crippen LogP contribution in [0.4, 0.5) is 0 Å². The highest BCUT2D eigenvalue weighted by atomic mass is 32.2. The summed E-state index contributed by atoms with van der Waals surface area (Å²) in [4.78, 5) is 19.8. The van der Waals surface area contributed by atoms with Crippen molar-refractivity contribution in [1.82, 2.24) is 19.6 Å². The van der Waals surface area contributed by atoms with Crippen LogP contribution in [-0.2, 0) is 5.75 Å². The number of thioether (sulfide) groups is 1. The maximum Gasteiger partial charge on any atom is 0.253 e. The van der Waals surface area contributed by atoms with Gasteiger partial charge in [-0.25, -0.2) is 9.50 Å². The highest BCUT2D eigenvalue weighted by Crippen LogP contribution is 2.22. The lowest BCUT2D eigenvalue weighted by Crippen LogP contribution is -2.23. The second-order valence-corrected chi connectivity index (χ2v) is 5.82. The molecular formula is C15H13N4O2S-. The Morgan fingerprint density at radius 1 is 1.27 bits per heavy atom. The first-order valence-electron chi connectivity index (χ1n) is 6.67. The van der Waals surface area contributed by atoms with Crippen molar-refractivity contribution in [3.63, 3.8) is 0 Å². The van der Waals surface area contributed by atoms with Gasteiger partial charge in [0.2, 0.25) is 5.16 Å². The number of nitrogens with zero attached hydrogens (tertiary/aromatic N) is 4. The van der Waals surface area contributed by atoms with Gasteiger partial charge in [0.05, 0.1) is 5.97 Å². The van der Waals surface area contributed by atoms with E-state index < -0.39 is 5.97 Å². The fourth-order valence-corrected chi connectivity index (χ4v) is 3.02. The van der Waals surface area contributed by atoms with Gasteiger partial charge in [-0.1, -0.05) is 36.0 Å². The number of aromatic nitrogens is 4. The normalized spacial score (nSPS) is 11.0. The molecule has 0 radical (unpaired) electrons. The molecule has 0 atom stereocenters. The first kappa shape index (κ1) is 14.5. The number of rotatable bonds is 4. The summed E-state index contributed by atoms with van der Waals surface area (Å²) in [6.45, 7) is 3.85. The van der Waals surface area contributed by atoms with E-state index in [1.54, 1.807) is 22.7 Å². The average molecular weight is 313 g/mol. The summed E-state index contributed by atoms with van der Waals surface area (Å²) in [7, 11) is 0. The van der Waals surface area contributed by atoms with Crippen molar-refractivity contribution in [3.05, 3.63) is 52.8 Å². The van der Waals surface area contributed by atoms with E-state index in [2.05, 4.69) is 15.1 Å². The number of aromatic carboxylic acids is 1. The topological polar surface area (TPSA) is 83.2 Å². The molecule has 0 aliphatic heterocycles. The monoisotopic (exact) mass is 313 g/mol. The summed E-state index contributed by atoms with van der Waals surface area (Å²) < 4.78 is 1.68. The molecule has 22 heavy (non-hydrogen) atoms. The minimum atomic E-state index is -1.17. The average Bonchev–Trinajstić information content (AvgIpc) is 2.88. The van der Waals surface area contributed by atoms with Gasteiger partial charge in [-0.2, -0.15) is 4.98 Å². The van der Waals surface area contributed by atoms with E-state index in [0.717, 1.165) is 11.4 Å². The molecule has 0 N–H and O–H groups in total. The zero-order valence-corrected chi connectivity index (χ0v) is 12.9. The number of carboxylic acid groups (broad SMARTS) is 1. The number of carboxylic acids is 1. The van der Waals surface area contributed by atoms with E-state index in [9.17, 15) is 9.90 Å². The maximum atomic E-state index is 11.1. The number of benzene rings is 1. The lowest BCUT2D eigenvalue weighted by atomic mass is 10.1. The fraction of sp³-hybridized carbons (Fsp3) is 0.200. The summed E-state index contributed by atoms with van der Waals surface area (Å²) in [6.07, 6.45) is 0. The Labute approximate surface area is 131 Å². The van der Waals surface area contributed by atoms with Gasteiger partial charge in [-0.15, -0.1) is 5.10 Å². The maximum absolute atomic E-state index is 11.1. The summed E-state index contributed by atoms with van der Waals surface area (Å²) in [5.74, 6) is -0.167. The standard InChI is InChI=1S/C15H14N4O2S/c1-9-7-10(2)19-14(16-9)17-15(18-19)22-8-11-5-3-4-6-12(11)13(20)21/h3-7H,8H2,1-2H3,(H,20,21)/p-1. The Kier molecular flexibility index (Phi) is 3.81. The van der Waals surface area contributed by atoms with Crippen molar-refractivity contribution in [2.45, 2.75) is 24.8 Å². The van der Waals surface area contributed by atoms with Crippen molar-refractivity contribution < 1.29 is 9.90 Å². The van der Waals surface area contributed by atoms with Gasteiger partial charge in [0.1, 0.15) is 0 Å². The molecule has 3 rings (SSSR count). The van der Waals surface area contributed by atoms with Crippen LogP contribution in [0.1, 0.15) is 27.3 Å². The van der Waals surface area contributed by atoms with Crippen LogP contribution in [0.5, 0.6) is 0 Å². The Balaban J connectivity index is 1.86. The van der Waals surface area contributed by atoms with Crippen LogP contribution in [0, 0.1) is 13.8 Å². The van der Waals surface area contributed by atoms with Gasteiger partial charge >= 0.3 is 0 Å². The molecular weight excluding hydrogens is 300 g/mol. The van der Waals surface area contributed by atoms with Crippen LogP contribution in [0.2, 0.25) is 0 Å². The van der Waals surface area contributed by atoms with Gasteiger partial charge in [0.25, 0.3) is 5.78 Å². The third-order valence-corrected chi connectivity index (χ3v) is 4.08. The van der Waals surface area contributed by atoms with Crippen LogP contribution in [0.3, 0.4) is 0 Å². The molecule has 0 unspecified atom stereocenters. The largest absolute Gasteiger partial charge is 0.545 e. The Morgan fingerprint density at radius 3 is 2.82 bits per heavy atom. The second-order valence-electron chi connectivity index (χ2n) is 4.88. The van der Waals surface area contributed by atoms with Gasteiger partial charge in [-0.3, -0.25) is 0 Å². The Bertz CT molecular complexity index is 860. The van der Waals surface area contributed by atoms with Gasteiger partial charge in [0, 0.05) is 22.7 Å². The van der Waals surface area contributed by atoms with Crippen LogP contribution in [-0.4, -0.2) is 25.6 Å². The SMILES string of the molecule is Cc1cc(C)n2nc(SCc3ccccc3C(=O)[O-])nc2n1. The van der Waals surface area contributed by atoms with Gasteiger partial charge in [0.15, 0.2) is 0 Å². The molecule has 6 nitrogen and oxygen atoms in total. The highest BCUT2D eigenvalue weighted by molar-refractivity contribution is 7.98. The number of hydrogen-bond donors (Lipinski definition) is 0. The Hall–Kier alpha value is -2.41. The third kappa shape index (κ3) is 2.80. The zero-order chi connectivity index (χ0) is 15.7. The Morgan fingerprint density at radius 2 is 2.05 bits per heavy atom. The molecule has 1 aromatic carbocycles. The predicted molar refractivity (Wildman–Crippen MR) is 80.6 cm³/mol. The molecule has 0 saturated carbocycles. The molecule has 112 valence electrons. The number of fused-ring (bicyclic) bond motifs is 1. The van der Waals surface area contributed by atoms with Gasteiger partial charge < -0.3 is 9.90 Å². The summed E-state index contributed by atoms with van der Waals surface area (Å²) in [5, 5.41) is 16.0. The number of carbonyl (C=O) groups is 1. The quantitative estimate of drug-likeness (QED) is 0.677. The third-order valence-electron chi connectivity index (χ3n) is 3.19.